The summed E-state index contributed by atoms with van der Waals surface area (Å²) in [5.74, 6) is -1.60. The minimum Gasteiger partial charge on any atom is -0.342 e. The highest BCUT2D eigenvalue weighted by Gasteiger charge is 2.58. The SMILES string of the molecule is C=C(/C=C(F)\C=C(/C)F)[C@@H]1CC[C@H]2OC3(CCN(C(=O)c4cc5n(n4)CCCC5)CC3)C(=O)N21. The first-order chi connectivity index (χ1) is 16.3. The van der Waals surface area contributed by atoms with Gasteiger partial charge in [-0.15, -0.1) is 0 Å². The van der Waals surface area contributed by atoms with E-state index in [4.69, 9.17) is 4.74 Å². The van der Waals surface area contributed by atoms with Gasteiger partial charge in [-0.2, -0.15) is 5.10 Å². The van der Waals surface area contributed by atoms with Gasteiger partial charge in [-0.05, 0) is 56.7 Å². The van der Waals surface area contributed by atoms with Crippen LogP contribution in [0.25, 0.3) is 0 Å². The number of carbonyl (C=O) groups is 2. The number of aromatic nitrogens is 2. The molecule has 0 unspecified atom stereocenters. The van der Waals surface area contributed by atoms with E-state index in [1.807, 2.05) is 10.7 Å². The number of likely N-dealkylation sites (tertiary alicyclic amines) is 1. The number of fused-ring (bicyclic) bond motifs is 2. The molecule has 7 nitrogen and oxygen atoms in total. The van der Waals surface area contributed by atoms with Crippen molar-refractivity contribution >= 4 is 11.8 Å². The van der Waals surface area contributed by atoms with E-state index < -0.39 is 17.3 Å². The van der Waals surface area contributed by atoms with Crippen molar-refractivity contribution < 1.29 is 23.1 Å². The van der Waals surface area contributed by atoms with Crippen molar-refractivity contribution in [3.05, 3.63) is 53.4 Å². The molecule has 9 heteroatoms. The van der Waals surface area contributed by atoms with Gasteiger partial charge in [-0.25, -0.2) is 8.78 Å². The van der Waals surface area contributed by atoms with E-state index in [9.17, 15) is 18.4 Å². The molecule has 5 rings (SSSR count). The molecule has 0 N–H and O–H groups in total. The third-order valence-electron chi connectivity index (χ3n) is 7.40. The van der Waals surface area contributed by atoms with Crippen molar-refractivity contribution in [3.63, 3.8) is 0 Å². The number of ether oxygens (including phenoxy) is 1. The van der Waals surface area contributed by atoms with Gasteiger partial charge in [0.15, 0.2) is 11.3 Å². The second-order valence-corrected chi connectivity index (χ2v) is 9.70. The second kappa shape index (κ2) is 8.76. The first kappa shape index (κ1) is 23.0. The zero-order chi connectivity index (χ0) is 24.0. The lowest BCUT2D eigenvalue weighted by Crippen LogP contribution is -2.52. The fourth-order valence-corrected chi connectivity index (χ4v) is 5.67. The van der Waals surface area contributed by atoms with Crippen molar-refractivity contribution in [1.82, 2.24) is 19.6 Å². The summed E-state index contributed by atoms with van der Waals surface area (Å²) in [6.07, 6.45) is 6.79. The van der Waals surface area contributed by atoms with E-state index in [1.54, 1.807) is 9.80 Å². The fourth-order valence-electron chi connectivity index (χ4n) is 5.67. The minimum atomic E-state index is -0.967. The number of hydrogen-bond acceptors (Lipinski definition) is 4. The summed E-state index contributed by atoms with van der Waals surface area (Å²) in [5.41, 5.74) is 1.02. The van der Waals surface area contributed by atoms with Gasteiger partial charge in [0.25, 0.3) is 11.8 Å². The summed E-state index contributed by atoms with van der Waals surface area (Å²) >= 11 is 0. The summed E-state index contributed by atoms with van der Waals surface area (Å²) < 4.78 is 35.2. The molecule has 1 aromatic rings. The Bertz CT molecular complexity index is 1060. The molecular formula is C25H30F2N4O3. The Kier molecular flexibility index (Phi) is 5.91. The highest BCUT2D eigenvalue weighted by Crippen LogP contribution is 2.44. The molecule has 2 amide bonds. The van der Waals surface area contributed by atoms with E-state index in [-0.39, 0.29) is 24.1 Å². The highest BCUT2D eigenvalue weighted by molar-refractivity contribution is 5.93. The number of hydrogen-bond donors (Lipinski definition) is 0. The molecule has 34 heavy (non-hydrogen) atoms. The summed E-state index contributed by atoms with van der Waals surface area (Å²) in [4.78, 5) is 29.9. The molecule has 0 saturated carbocycles. The van der Waals surface area contributed by atoms with E-state index in [1.165, 1.54) is 13.0 Å². The van der Waals surface area contributed by atoms with Crippen LogP contribution in [-0.2, 0) is 22.5 Å². The molecule has 1 aromatic heterocycles. The molecule has 2 atom stereocenters. The maximum absolute atomic E-state index is 14.0. The molecule has 3 fully saturated rings. The molecule has 5 heterocycles. The van der Waals surface area contributed by atoms with Crippen LogP contribution >= 0.6 is 0 Å². The quantitative estimate of drug-likeness (QED) is 0.625. The van der Waals surface area contributed by atoms with Crippen LogP contribution in [-0.4, -0.2) is 62.4 Å². The predicted octanol–water partition coefficient (Wildman–Crippen LogP) is 3.82. The maximum atomic E-state index is 14.0. The first-order valence-corrected chi connectivity index (χ1v) is 12.0. The van der Waals surface area contributed by atoms with Crippen LogP contribution in [0.15, 0.2) is 42.0 Å². The monoisotopic (exact) mass is 472 g/mol. The number of nitrogens with zero attached hydrogens (tertiary/aromatic N) is 4. The van der Waals surface area contributed by atoms with Gasteiger partial charge in [0.1, 0.15) is 12.1 Å². The third-order valence-corrected chi connectivity index (χ3v) is 7.40. The summed E-state index contributed by atoms with van der Waals surface area (Å²) in [7, 11) is 0. The van der Waals surface area contributed by atoms with Crippen LogP contribution in [0.5, 0.6) is 0 Å². The smallest absolute Gasteiger partial charge is 0.274 e. The van der Waals surface area contributed by atoms with Crippen LogP contribution in [0.3, 0.4) is 0 Å². The van der Waals surface area contributed by atoms with Crippen LogP contribution in [0.1, 0.15) is 61.6 Å². The molecule has 1 spiro atoms. The molecule has 0 aliphatic carbocycles. The van der Waals surface area contributed by atoms with Gasteiger partial charge in [0.2, 0.25) is 0 Å². The molecule has 3 saturated heterocycles. The normalized spacial score (nSPS) is 26.7. The Morgan fingerprint density at radius 2 is 1.97 bits per heavy atom. The van der Waals surface area contributed by atoms with Crippen LogP contribution in [0, 0.1) is 0 Å². The average molecular weight is 473 g/mol. The lowest BCUT2D eigenvalue weighted by Gasteiger charge is -2.37. The van der Waals surface area contributed by atoms with Crippen molar-refractivity contribution in [1.29, 1.82) is 0 Å². The van der Waals surface area contributed by atoms with Gasteiger partial charge in [-0.1, -0.05) is 6.58 Å². The lowest BCUT2D eigenvalue weighted by atomic mass is 9.89. The number of aryl methyl sites for hydroxylation is 2. The topological polar surface area (TPSA) is 67.7 Å². The molecule has 0 radical (unpaired) electrons. The largest absolute Gasteiger partial charge is 0.342 e. The number of halogens is 2. The fraction of sp³-hybridized carbons (Fsp3) is 0.560. The standard InChI is InChI=1S/C25H30F2N4O3/c1-16(13-18(27)14-17(2)26)21-6-7-22-31(21)24(33)25(34-22)8-11-29(12-9-25)23(32)20-15-19-5-3-4-10-30(19)28-20/h13-15,21-22H,1,3-12H2,2H3/b17-14+,18-13+/t21-,22+/m0/s1. The summed E-state index contributed by atoms with van der Waals surface area (Å²) in [6, 6.07) is 1.51. The zero-order valence-electron chi connectivity index (χ0n) is 19.4. The van der Waals surface area contributed by atoms with Gasteiger partial charge in [0, 0.05) is 44.2 Å². The van der Waals surface area contributed by atoms with Crippen LogP contribution in [0.4, 0.5) is 8.78 Å². The molecular weight excluding hydrogens is 442 g/mol. The number of amides is 2. The minimum absolute atomic E-state index is 0.106. The van der Waals surface area contributed by atoms with Gasteiger partial charge < -0.3 is 14.5 Å². The average Bonchev–Trinajstić information content (AvgIpc) is 3.47. The van der Waals surface area contributed by atoms with Crippen LogP contribution in [0.2, 0.25) is 0 Å². The van der Waals surface area contributed by atoms with E-state index in [0.717, 1.165) is 37.6 Å². The summed E-state index contributed by atoms with van der Waals surface area (Å²) in [5, 5.41) is 4.49. The van der Waals surface area contributed by atoms with Gasteiger partial charge in [0.05, 0.1) is 11.9 Å². The number of allylic oxidation sites excluding steroid dienone is 3. The number of carbonyl (C=O) groups excluding carboxylic acids is 2. The molecule has 4 aliphatic heterocycles. The zero-order valence-corrected chi connectivity index (χ0v) is 19.4. The first-order valence-electron chi connectivity index (χ1n) is 12.0. The Balaban J connectivity index is 1.25. The van der Waals surface area contributed by atoms with E-state index >= 15 is 0 Å². The van der Waals surface area contributed by atoms with Crippen molar-refractivity contribution in [2.24, 2.45) is 0 Å². The second-order valence-electron chi connectivity index (χ2n) is 9.70. The third kappa shape index (κ3) is 4.00. The maximum Gasteiger partial charge on any atom is 0.274 e. The predicted molar refractivity (Wildman–Crippen MR) is 121 cm³/mol. The highest BCUT2D eigenvalue weighted by atomic mass is 19.1. The van der Waals surface area contributed by atoms with E-state index in [2.05, 4.69) is 11.7 Å². The van der Waals surface area contributed by atoms with E-state index in [0.29, 0.717) is 50.0 Å². The van der Waals surface area contributed by atoms with Gasteiger partial charge >= 0.3 is 0 Å². The van der Waals surface area contributed by atoms with Crippen molar-refractivity contribution in [2.45, 2.75) is 76.3 Å². The van der Waals surface area contributed by atoms with Crippen molar-refractivity contribution in [2.75, 3.05) is 13.1 Å². The Labute approximate surface area is 197 Å². The Hall–Kier alpha value is -2.81. The van der Waals surface area contributed by atoms with Crippen molar-refractivity contribution in [3.8, 4) is 0 Å². The molecule has 0 bridgehead atoms. The number of rotatable bonds is 4. The van der Waals surface area contributed by atoms with Gasteiger partial charge in [-0.3, -0.25) is 14.3 Å². The summed E-state index contributed by atoms with van der Waals surface area (Å²) in [6.45, 7) is 6.77. The lowest BCUT2D eigenvalue weighted by molar-refractivity contribution is -0.142. The Morgan fingerprint density at radius 1 is 1.21 bits per heavy atom. The molecule has 182 valence electrons. The van der Waals surface area contributed by atoms with Crippen LogP contribution < -0.4 is 0 Å². The Morgan fingerprint density at radius 3 is 2.68 bits per heavy atom. The molecule has 0 aromatic carbocycles. The number of piperidine rings is 1. The molecule has 4 aliphatic rings.